The van der Waals surface area contributed by atoms with Crippen LogP contribution in [0, 0.1) is 0 Å². The Morgan fingerprint density at radius 3 is 2.47 bits per heavy atom. The molecule has 0 aromatic heterocycles. The van der Waals surface area contributed by atoms with E-state index in [1.165, 1.54) is 5.56 Å². The lowest BCUT2D eigenvalue weighted by molar-refractivity contribution is 0.411. The van der Waals surface area contributed by atoms with Crippen LogP contribution in [-0.2, 0) is 5.75 Å². The average Bonchev–Trinajstić information content (AvgIpc) is 2.40. The number of para-hydroxylation sites is 2. The Balaban J connectivity index is 1.90. The maximum absolute atomic E-state index is 5.31. The van der Waals surface area contributed by atoms with Crippen LogP contribution in [0.1, 0.15) is 5.56 Å². The summed E-state index contributed by atoms with van der Waals surface area (Å²) in [4.78, 5) is 0. The van der Waals surface area contributed by atoms with E-state index in [2.05, 4.69) is 22.9 Å². The van der Waals surface area contributed by atoms with Crippen LogP contribution in [-0.4, -0.2) is 7.11 Å². The largest absolute Gasteiger partial charge is 0.496 e. The molecule has 2 nitrogen and oxygen atoms in total. The van der Waals surface area contributed by atoms with E-state index in [4.69, 9.17) is 4.74 Å². The van der Waals surface area contributed by atoms with Gasteiger partial charge in [0.2, 0.25) is 0 Å². The topological polar surface area (TPSA) is 21.3 Å². The monoisotopic (exact) mass is 245 g/mol. The second-order valence-electron chi connectivity index (χ2n) is 3.57. The molecular weight excluding hydrogens is 230 g/mol. The van der Waals surface area contributed by atoms with Gasteiger partial charge < -0.3 is 9.46 Å². The van der Waals surface area contributed by atoms with Crippen molar-refractivity contribution < 1.29 is 4.74 Å². The van der Waals surface area contributed by atoms with Gasteiger partial charge in [-0.3, -0.25) is 0 Å². The van der Waals surface area contributed by atoms with Crippen LogP contribution in [0.25, 0.3) is 0 Å². The minimum absolute atomic E-state index is 0.874. The molecule has 0 bridgehead atoms. The summed E-state index contributed by atoms with van der Waals surface area (Å²) in [6.45, 7) is 0. The quantitative estimate of drug-likeness (QED) is 0.806. The molecule has 0 amide bonds. The van der Waals surface area contributed by atoms with Gasteiger partial charge >= 0.3 is 0 Å². The average molecular weight is 245 g/mol. The number of benzene rings is 2. The van der Waals surface area contributed by atoms with Crippen molar-refractivity contribution >= 4 is 17.6 Å². The smallest absolute Gasteiger partial charge is 0.122 e. The van der Waals surface area contributed by atoms with Crippen LogP contribution in [0.2, 0.25) is 0 Å². The molecule has 0 atom stereocenters. The van der Waals surface area contributed by atoms with Crippen LogP contribution in [0.5, 0.6) is 5.75 Å². The van der Waals surface area contributed by atoms with Crippen LogP contribution in [0.3, 0.4) is 0 Å². The van der Waals surface area contributed by atoms with Gasteiger partial charge in [-0.05, 0) is 30.1 Å². The van der Waals surface area contributed by atoms with E-state index in [1.54, 1.807) is 19.1 Å². The van der Waals surface area contributed by atoms with Crippen molar-refractivity contribution in [2.24, 2.45) is 0 Å². The predicted octanol–water partition coefficient (Wildman–Crippen LogP) is 3.96. The van der Waals surface area contributed by atoms with E-state index in [0.29, 0.717) is 0 Å². The third-order valence-electron chi connectivity index (χ3n) is 2.38. The van der Waals surface area contributed by atoms with Gasteiger partial charge in [0.05, 0.1) is 7.11 Å². The zero-order valence-electron chi connectivity index (χ0n) is 9.72. The van der Waals surface area contributed by atoms with Gasteiger partial charge in [-0.25, -0.2) is 0 Å². The Bertz CT molecular complexity index is 459. The Hall–Kier alpha value is -1.61. The molecule has 0 aliphatic rings. The van der Waals surface area contributed by atoms with Crippen molar-refractivity contribution in [1.29, 1.82) is 0 Å². The van der Waals surface area contributed by atoms with Gasteiger partial charge in [-0.2, -0.15) is 0 Å². The van der Waals surface area contributed by atoms with E-state index in [-0.39, 0.29) is 0 Å². The summed E-state index contributed by atoms with van der Waals surface area (Å²) in [6, 6.07) is 18.2. The van der Waals surface area contributed by atoms with Crippen molar-refractivity contribution in [2.75, 3.05) is 11.8 Å². The highest BCUT2D eigenvalue weighted by Crippen LogP contribution is 2.23. The van der Waals surface area contributed by atoms with E-state index < -0.39 is 0 Å². The standard InChI is InChI=1S/C14H15NOS/c1-16-14-10-6-5-7-12(14)11-17-15-13-8-3-2-4-9-13/h2-10,15H,11H2,1H3. The van der Waals surface area contributed by atoms with Crippen LogP contribution in [0.4, 0.5) is 5.69 Å². The number of hydrogen-bond donors (Lipinski definition) is 1. The lowest BCUT2D eigenvalue weighted by atomic mass is 10.2. The Labute approximate surface area is 106 Å². The minimum atomic E-state index is 0.874. The second-order valence-corrected chi connectivity index (χ2v) is 4.35. The van der Waals surface area contributed by atoms with Gasteiger partial charge in [0, 0.05) is 17.0 Å². The van der Waals surface area contributed by atoms with Crippen molar-refractivity contribution in [2.45, 2.75) is 5.75 Å². The number of hydrogen-bond acceptors (Lipinski definition) is 3. The molecular formula is C14H15NOS. The Morgan fingerprint density at radius 2 is 1.71 bits per heavy atom. The normalized spacial score (nSPS) is 9.94. The summed E-state index contributed by atoms with van der Waals surface area (Å²) in [7, 11) is 1.70. The lowest BCUT2D eigenvalue weighted by Crippen LogP contribution is -1.92. The maximum atomic E-state index is 5.31. The number of methoxy groups -OCH3 is 1. The molecule has 0 radical (unpaired) electrons. The molecule has 0 saturated heterocycles. The molecule has 17 heavy (non-hydrogen) atoms. The summed E-state index contributed by atoms with van der Waals surface area (Å²) in [5, 5.41) is 0. The summed E-state index contributed by atoms with van der Waals surface area (Å²) >= 11 is 1.66. The molecule has 0 spiro atoms. The van der Waals surface area contributed by atoms with E-state index in [0.717, 1.165) is 17.2 Å². The molecule has 0 aliphatic heterocycles. The molecule has 0 fully saturated rings. The third kappa shape index (κ3) is 3.43. The molecule has 2 rings (SSSR count). The van der Waals surface area contributed by atoms with Crippen molar-refractivity contribution in [3.05, 3.63) is 60.2 Å². The highest BCUT2D eigenvalue weighted by atomic mass is 32.2. The zero-order chi connectivity index (χ0) is 11.9. The SMILES string of the molecule is COc1ccccc1CSNc1ccccc1. The van der Waals surface area contributed by atoms with Crippen LogP contribution in [0.15, 0.2) is 54.6 Å². The van der Waals surface area contributed by atoms with E-state index in [1.807, 2.05) is 36.4 Å². The van der Waals surface area contributed by atoms with Gasteiger partial charge in [0.15, 0.2) is 0 Å². The number of rotatable bonds is 5. The van der Waals surface area contributed by atoms with Gasteiger partial charge in [-0.1, -0.05) is 36.4 Å². The number of anilines is 1. The van der Waals surface area contributed by atoms with Crippen molar-refractivity contribution in [3.63, 3.8) is 0 Å². The second kappa shape index (κ2) is 6.21. The minimum Gasteiger partial charge on any atom is -0.496 e. The van der Waals surface area contributed by atoms with Crippen LogP contribution >= 0.6 is 11.9 Å². The van der Waals surface area contributed by atoms with E-state index in [9.17, 15) is 0 Å². The highest BCUT2D eigenvalue weighted by Gasteiger charge is 2.01. The molecule has 88 valence electrons. The number of nitrogens with one attached hydrogen (secondary N) is 1. The van der Waals surface area contributed by atoms with Crippen LogP contribution < -0.4 is 9.46 Å². The first kappa shape index (κ1) is 11.9. The number of ether oxygens (including phenoxy) is 1. The van der Waals surface area contributed by atoms with E-state index >= 15 is 0 Å². The lowest BCUT2D eigenvalue weighted by Gasteiger charge is -2.08. The predicted molar refractivity (Wildman–Crippen MR) is 74.4 cm³/mol. The van der Waals surface area contributed by atoms with Gasteiger partial charge in [0.1, 0.15) is 5.75 Å². The summed E-state index contributed by atoms with van der Waals surface area (Å²) in [5.41, 5.74) is 2.32. The molecule has 0 heterocycles. The van der Waals surface area contributed by atoms with Crippen molar-refractivity contribution in [1.82, 2.24) is 0 Å². The Kier molecular flexibility index (Phi) is 4.33. The molecule has 2 aromatic rings. The summed E-state index contributed by atoms with van der Waals surface area (Å²) < 4.78 is 8.61. The molecule has 3 heteroatoms. The van der Waals surface area contributed by atoms with Crippen molar-refractivity contribution in [3.8, 4) is 5.75 Å². The molecule has 2 aromatic carbocycles. The summed E-state index contributed by atoms with van der Waals surface area (Å²) in [6.07, 6.45) is 0. The highest BCUT2D eigenvalue weighted by molar-refractivity contribution is 7.99. The summed E-state index contributed by atoms with van der Waals surface area (Å²) in [5.74, 6) is 1.81. The fourth-order valence-electron chi connectivity index (χ4n) is 1.53. The molecule has 0 aliphatic carbocycles. The first-order valence-corrected chi connectivity index (χ1v) is 6.43. The maximum Gasteiger partial charge on any atom is 0.122 e. The van der Waals surface area contributed by atoms with Gasteiger partial charge in [0.25, 0.3) is 0 Å². The molecule has 0 saturated carbocycles. The first-order valence-electron chi connectivity index (χ1n) is 5.45. The molecule has 1 N–H and O–H groups in total. The first-order chi connectivity index (χ1) is 8.40. The Morgan fingerprint density at radius 1 is 1.00 bits per heavy atom. The zero-order valence-corrected chi connectivity index (χ0v) is 10.5. The fraction of sp³-hybridized carbons (Fsp3) is 0.143. The fourth-order valence-corrected chi connectivity index (χ4v) is 2.29. The third-order valence-corrected chi connectivity index (χ3v) is 3.22. The van der Waals surface area contributed by atoms with Gasteiger partial charge in [-0.15, -0.1) is 0 Å². The molecule has 0 unspecified atom stereocenters.